The minimum absolute atomic E-state index is 0.233. The summed E-state index contributed by atoms with van der Waals surface area (Å²) in [7, 11) is 3.14. The van der Waals surface area contributed by atoms with Crippen LogP contribution in [0.1, 0.15) is 6.42 Å². The van der Waals surface area contributed by atoms with Gasteiger partial charge in [0.1, 0.15) is 22.8 Å². The fourth-order valence-electron chi connectivity index (χ4n) is 3.68. The van der Waals surface area contributed by atoms with Crippen molar-refractivity contribution in [1.82, 2.24) is 5.32 Å². The van der Waals surface area contributed by atoms with E-state index in [0.717, 1.165) is 16.4 Å². The third-order valence-electron chi connectivity index (χ3n) is 5.10. The molecule has 0 bridgehead atoms. The lowest BCUT2D eigenvalue weighted by molar-refractivity contribution is -0.132. The van der Waals surface area contributed by atoms with Gasteiger partial charge in [0.25, 0.3) is 0 Å². The van der Waals surface area contributed by atoms with Crippen LogP contribution in [0.15, 0.2) is 40.8 Å². The van der Waals surface area contributed by atoms with E-state index in [2.05, 4.69) is 5.32 Å². The first-order chi connectivity index (χ1) is 13.6. The Morgan fingerprint density at radius 1 is 1.21 bits per heavy atom. The number of fused-ring (bicyclic) bond motifs is 3. The van der Waals surface area contributed by atoms with E-state index in [0.29, 0.717) is 43.1 Å². The molecule has 1 unspecified atom stereocenters. The molecule has 4 rings (SSSR count). The molecular formula is C21H22N2O5. The molecule has 1 aliphatic rings. The number of anilines is 1. The number of methoxy groups -OCH3 is 2. The number of carbonyl (C=O) groups excluding carboxylic acids is 2. The zero-order valence-electron chi connectivity index (χ0n) is 15.9. The van der Waals surface area contributed by atoms with Gasteiger partial charge in [-0.1, -0.05) is 18.2 Å². The molecule has 2 amide bonds. The minimum atomic E-state index is -0.701. The van der Waals surface area contributed by atoms with Gasteiger partial charge in [-0.05, 0) is 18.6 Å². The van der Waals surface area contributed by atoms with E-state index >= 15 is 0 Å². The minimum Gasteiger partial charge on any atom is -0.495 e. The molecule has 0 saturated carbocycles. The number of hydrogen-bond donors (Lipinski definition) is 1. The number of nitrogens with zero attached hydrogens (tertiary/aromatic N) is 1. The van der Waals surface area contributed by atoms with Crippen LogP contribution in [0.3, 0.4) is 0 Å². The summed E-state index contributed by atoms with van der Waals surface area (Å²) in [5, 5.41) is 4.66. The van der Waals surface area contributed by atoms with Gasteiger partial charge in [0.15, 0.2) is 0 Å². The Kier molecular flexibility index (Phi) is 4.92. The number of furan rings is 1. The summed E-state index contributed by atoms with van der Waals surface area (Å²) in [4.78, 5) is 26.8. The Morgan fingerprint density at radius 3 is 2.82 bits per heavy atom. The molecule has 7 nitrogen and oxygen atoms in total. The summed E-state index contributed by atoms with van der Waals surface area (Å²) in [6.45, 7) is 1.24. The highest BCUT2D eigenvalue weighted by Gasteiger charge is 2.38. The highest BCUT2D eigenvalue weighted by atomic mass is 16.5. The van der Waals surface area contributed by atoms with Crippen LogP contribution in [-0.2, 0) is 14.3 Å². The second-order valence-electron chi connectivity index (χ2n) is 6.73. The number of nitrogens with one attached hydrogen (secondary N) is 1. The first kappa shape index (κ1) is 18.3. The standard InChI is InChI=1S/C21H22N2O5/c1-26-10-8-22-20(24)14-7-9-23(21(14)25)16-12-18-15(11-19(16)27-2)13-5-3-4-6-17(13)28-18/h3-6,11-12,14H,7-10H2,1-2H3,(H,22,24). The maximum atomic E-state index is 12.9. The van der Waals surface area contributed by atoms with Gasteiger partial charge in [-0.2, -0.15) is 0 Å². The molecule has 1 aliphatic heterocycles. The molecule has 1 N–H and O–H groups in total. The molecule has 1 aromatic heterocycles. The van der Waals surface area contributed by atoms with Crippen molar-refractivity contribution in [2.45, 2.75) is 6.42 Å². The lowest BCUT2D eigenvalue weighted by atomic mass is 10.1. The van der Waals surface area contributed by atoms with Crippen LogP contribution in [0.2, 0.25) is 0 Å². The smallest absolute Gasteiger partial charge is 0.239 e. The molecule has 2 heterocycles. The first-order valence-corrected chi connectivity index (χ1v) is 9.21. The molecule has 1 saturated heterocycles. The molecule has 0 aliphatic carbocycles. The number of rotatable bonds is 6. The monoisotopic (exact) mass is 382 g/mol. The van der Waals surface area contributed by atoms with Gasteiger partial charge >= 0.3 is 0 Å². The average Bonchev–Trinajstić information content (AvgIpc) is 3.26. The van der Waals surface area contributed by atoms with Crippen LogP contribution < -0.4 is 15.0 Å². The Labute approximate surface area is 162 Å². The topological polar surface area (TPSA) is 81.0 Å². The molecule has 1 atom stereocenters. The Balaban J connectivity index is 1.66. The number of carbonyl (C=O) groups is 2. The number of benzene rings is 2. The van der Waals surface area contributed by atoms with Gasteiger partial charge in [0, 0.05) is 37.0 Å². The molecule has 28 heavy (non-hydrogen) atoms. The van der Waals surface area contributed by atoms with Crippen molar-refractivity contribution in [2.75, 3.05) is 38.8 Å². The highest BCUT2D eigenvalue weighted by Crippen LogP contribution is 2.40. The second kappa shape index (κ2) is 7.52. The van der Waals surface area contributed by atoms with Gasteiger partial charge in [-0.25, -0.2) is 0 Å². The quantitative estimate of drug-likeness (QED) is 0.524. The third kappa shape index (κ3) is 3.07. The summed E-state index contributed by atoms with van der Waals surface area (Å²) >= 11 is 0. The summed E-state index contributed by atoms with van der Waals surface area (Å²) in [5.74, 6) is -0.627. The lowest BCUT2D eigenvalue weighted by Crippen LogP contribution is -2.38. The Hall–Kier alpha value is -3.06. The van der Waals surface area contributed by atoms with Gasteiger partial charge in [-0.3, -0.25) is 9.59 Å². The van der Waals surface area contributed by atoms with E-state index in [1.807, 2.05) is 36.4 Å². The van der Waals surface area contributed by atoms with Crippen LogP contribution in [0, 0.1) is 5.92 Å². The van der Waals surface area contributed by atoms with Gasteiger partial charge in [0.05, 0.1) is 19.4 Å². The third-order valence-corrected chi connectivity index (χ3v) is 5.10. The van der Waals surface area contributed by atoms with E-state index in [4.69, 9.17) is 13.9 Å². The zero-order chi connectivity index (χ0) is 19.7. The molecule has 3 aromatic rings. The van der Waals surface area contributed by atoms with Crippen molar-refractivity contribution in [3.63, 3.8) is 0 Å². The summed E-state index contributed by atoms with van der Waals surface area (Å²) < 4.78 is 16.4. The zero-order valence-corrected chi connectivity index (χ0v) is 15.9. The molecule has 1 fully saturated rings. The first-order valence-electron chi connectivity index (χ1n) is 9.21. The van der Waals surface area contributed by atoms with Crippen LogP contribution in [0.5, 0.6) is 5.75 Å². The number of amides is 2. The summed E-state index contributed by atoms with van der Waals surface area (Å²) in [6, 6.07) is 11.5. The van der Waals surface area contributed by atoms with E-state index in [9.17, 15) is 9.59 Å². The van der Waals surface area contributed by atoms with Crippen molar-refractivity contribution in [3.05, 3.63) is 36.4 Å². The average molecular weight is 382 g/mol. The maximum Gasteiger partial charge on any atom is 0.239 e. The predicted octanol–water partition coefficient (Wildman–Crippen LogP) is 2.71. The van der Waals surface area contributed by atoms with E-state index in [1.54, 1.807) is 19.1 Å². The van der Waals surface area contributed by atoms with Crippen molar-refractivity contribution in [2.24, 2.45) is 5.92 Å². The SMILES string of the molecule is COCCNC(=O)C1CCN(c2cc3oc4ccccc4c3cc2OC)C1=O. The van der Waals surface area contributed by atoms with Crippen LogP contribution in [0.25, 0.3) is 21.9 Å². The number of hydrogen-bond acceptors (Lipinski definition) is 5. The van der Waals surface area contributed by atoms with E-state index < -0.39 is 5.92 Å². The largest absolute Gasteiger partial charge is 0.495 e. The van der Waals surface area contributed by atoms with Crippen LogP contribution in [-0.4, -0.2) is 45.7 Å². The molecular weight excluding hydrogens is 360 g/mol. The van der Waals surface area contributed by atoms with Gasteiger partial charge in [0.2, 0.25) is 11.8 Å². The van der Waals surface area contributed by atoms with Crippen molar-refractivity contribution in [1.29, 1.82) is 0 Å². The van der Waals surface area contributed by atoms with Gasteiger partial charge < -0.3 is 24.1 Å². The van der Waals surface area contributed by atoms with Crippen molar-refractivity contribution < 1.29 is 23.5 Å². The molecule has 2 aromatic carbocycles. The Bertz CT molecular complexity index is 1040. The fraction of sp³-hybridized carbons (Fsp3) is 0.333. The van der Waals surface area contributed by atoms with Crippen LogP contribution >= 0.6 is 0 Å². The molecule has 7 heteroatoms. The van der Waals surface area contributed by atoms with Gasteiger partial charge in [-0.15, -0.1) is 0 Å². The molecule has 0 radical (unpaired) electrons. The second-order valence-corrected chi connectivity index (χ2v) is 6.73. The Morgan fingerprint density at radius 2 is 2.04 bits per heavy atom. The van der Waals surface area contributed by atoms with E-state index in [-0.39, 0.29) is 11.8 Å². The normalized spacial score (nSPS) is 16.9. The van der Waals surface area contributed by atoms with E-state index in [1.165, 1.54) is 0 Å². The number of ether oxygens (including phenoxy) is 2. The van der Waals surface area contributed by atoms with Crippen LogP contribution in [0.4, 0.5) is 5.69 Å². The maximum absolute atomic E-state index is 12.9. The summed E-state index contributed by atoms with van der Waals surface area (Å²) in [5.41, 5.74) is 2.07. The summed E-state index contributed by atoms with van der Waals surface area (Å²) in [6.07, 6.45) is 0.457. The number of para-hydroxylation sites is 1. The van der Waals surface area contributed by atoms with Crippen molar-refractivity contribution in [3.8, 4) is 5.75 Å². The highest BCUT2D eigenvalue weighted by molar-refractivity contribution is 6.12. The van der Waals surface area contributed by atoms with Crippen molar-refractivity contribution >= 4 is 39.4 Å². The molecule has 146 valence electrons. The lowest BCUT2D eigenvalue weighted by Gasteiger charge is -2.19. The molecule has 0 spiro atoms. The predicted molar refractivity (Wildman–Crippen MR) is 106 cm³/mol. The fourth-order valence-corrected chi connectivity index (χ4v) is 3.68.